The van der Waals surface area contributed by atoms with Crippen molar-refractivity contribution < 1.29 is 29.9 Å². The lowest BCUT2D eigenvalue weighted by Gasteiger charge is -2.19. The van der Waals surface area contributed by atoms with E-state index in [2.05, 4.69) is 0 Å². The molecule has 0 atom stereocenters. The quantitative estimate of drug-likeness (QED) is 0.332. The average molecular weight is 188 g/mol. The SMILES string of the molecule is C[NH2+]C.C[NH2+]C.O=P([O-])([O-])O. The molecule has 0 saturated heterocycles. The lowest BCUT2D eigenvalue weighted by Crippen LogP contribution is -2.74. The Hall–Kier alpha value is 0.0300. The fraction of sp³-hybridized carbons (Fsp3) is 1.00. The first kappa shape index (κ1) is 17.2. The van der Waals surface area contributed by atoms with Gasteiger partial charge in [0.25, 0.3) is 0 Å². The first-order chi connectivity index (χ1) is 4.83. The molecule has 72 valence electrons. The molecule has 0 amide bonds. The van der Waals surface area contributed by atoms with Gasteiger partial charge >= 0.3 is 0 Å². The minimum absolute atomic E-state index is 2.00. The Bertz CT molecular complexity index is 83.8. The molecule has 6 nitrogen and oxygen atoms in total. The van der Waals surface area contributed by atoms with Crippen LogP contribution in [0.2, 0.25) is 0 Å². The Morgan fingerprint density at radius 1 is 1.09 bits per heavy atom. The molecular weight excluding hydrogens is 171 g/mol. The summed E-state index contributed by atoms with van der Waals surface area (Å²) >= 11 is 0. The Morgan fingerprint density at radius 2 is 1.09 bits per heavy atom. The van der Waals surface area contributed by atoms with Crippen LogP contribution in [0.5, 0.6) is 0 Å². The van der Waals surface area contributed by atoms with Crippen LogP contribution >= 0.6 is 7.82 Å². The Morgan fingerprint density at radius 3 is 1.09 bits per heavy atom. The van der Waals surface area contributed by atoms with E-state index in [1.165, 1.54) is 0 Å². The van der Waals surface area contributed by atoms with Crippen LogP contribution < -0.4 is 20.4 Å². The third-order valence-electron chi connectivity index (χ3n) is 0. The molecule has 0 bridgehead atoms. The van der Waals surface area contributed by atoms with Crippen LogP contribution in [0.4, 0.5) is 0 Å². The van der Waals surface area contributed by atoms with Crippen LogP contribution in [0.25, 0.3) is 0 Å². The molecule has 0 aliphatic carbocycles. The van der Waals surface area contributed by atoms with E-state index in [9.17, 15) is 0 Å². The van der Waals surface area contributed by atoms with Crippen molar-refractivity contribution >= 4 is 7.82 Å². The molecule has 11 heavy (non-hydrogen) atoms. The van der Waals surface area contributed by atoms with Crippen molar-refractivity contribution in [1.29, 1.82) is 0 Å². The Kier molecular flexibility index (Phi) is 19.8. The molecule has 0 radical (unpaired) electrons. The smallest absolute Gasteiger partial charge is 0.0647 e. The van der Waals surface area contributed by atoms with Crippen LogP contribution in [0.1, 0.15) is 0 Å². The fourth-order valence-corrected chi connectivity index (χ4v) is 0. The largest absolute Gasteiger partial charge is 0.790 e. The van der Waals surface area contributed by atoms with Gasteiger partial charge < -0.3 is 29.9 Å². The predicted molar refractivity (Wildman–Crippen MR) is 37.4 cm³/mol. The zero-order valence-electron chi connectivity index (χ0n) is 7.27. The maximum atomic E-state index is 8.66. The highest BCUT2D eigenvalue weighted by atomic mass is 31.2. The summed E-state index contributed by atoms with van der Waals surface area (Å²) in [6.07, 6.45) is 0. The standard InChI is InChI=1S/2C2H7N.H3O4P/c2*1-3-2;1-5(2,3)4/h2*3H,1-2H3;(H3,1,2,3,4). The zero-order chi connectivity index (χ0) is 9.91. The lowest BCUT2D eigenvalue weighted by molar-refractivity contribution is -0.597. The topological polar surface area (TPSA) is 117 Å². The third kappa shape index (κ3) is 719000. The summed E-state index contributed by atoms with van der Waals surface area (Å²) in [6.45, 7) is 0. The van der Waals surface area contributed by atoms with E-state index >= 15 is 0 Å². The van der Waals surface area contributed by atoms with Crippen molar-refractivity contribution in [3.05, 3.63) is 0 Å². The van der Waals surface area contributed by atoms with Gasteiger partial charge in [-0.15, -0.1) is 0 Å². The van der Waals surface area contributed by atoms with Crippen molar-refractivity contribution in [3.63, 3.8) is 0 Å². The van der Waals surface area contributed by atoms with Crippen LogP contribution in [0, 0.1) is 0 Å². The highest BCUT2D eigenvalue weighted by molar-refractivity contribution is 7.42. The molecule has 0 saturated carbocycles. The molecule has 0 aromatic carbocycles. The van der Waals surface area contributed by atoms with Crippen molar-refractivity contribution in [2.24, 2.45) is 0 Å². The summed E-state index contributed by atoms with van der Waals surface area (Å²) in [5.41, 5.74) is 0. The average Bonchev–Trinajstić information content (AvgIpc) is 1.62. The van der Waals surface area contributed by atoms with Gasteiger partial charge in [-0.05, 0) is 0 Å². The highest BCUT2D eigenvalue weighted by Crippen LogP contribution is 2.11. The van der Waals surface area contributed by atoms with Gasteiger partial charge in [-0.25, -0.2) is 0 Å². The molecule has 0 spiro atoms. The maximum absolute atomic E-state index is 8.66. The van der Waals surface area contributed by atoms with E-state index in [0.29, 0.717) is 0 Å². The van der Waals surface area contributed by atoms with Gasteiger partial charge in [-0.1, -0.05) is 0 Å². The van der Waals surface area contributed by atoms with Gasteiger partial charge in [0, 0.05) is 0 Å². The van der Waals surface area contributed by atoms with Gasteiger partial charge in [0.05, 0.1) is 36.0 Å². The summed E-state index contributed by atoms with van der Waals surface area (Å²) in [5, 5.41) is 4.00. The molecule has 5 N–H and O–H groups in total. The second kappa shape index (κ2) is 12.7. The molecule has 0 rings (SSSR count). The van der Waals surface area contributed by atoms with E-state index in [1.807, 2.05) is 38.8 Å². The van der Waals surface area contributed by atoms with E-state index in [-0.39, 0.29) is 0 Å². The molecular formula is C4H17N2O4P. The van der Waals surface area contributed by atoms with Gasteiger partial charge in [-0.2, -0.15) is 0 Å². The zero-order valence-corrected chi connectivity index (χ0v) is 8.17. The van der Waals surface area contributed by atoms with Gasteiger partial charge in [0.1, 0.15) is 0 Å². The molecule has 0 aromatic heterocycles. The summed E-state index contributed by atoms with van der Waals surface area (Å²) in [4.78, 5) is 24.3. The first-order valence-corrected chi connectivity index (χ1v) is 4.55. The second-order valence-electron chi connectivity index (χ2n) is 1.62. The number of quaternary nitrogens is 2. The molecule has 0 aliphatic rings. The highest BCUT2D eigenvalue weighted by Gasteiger charge is 1.64. The predicted octanol–water partition coefficient (Wildman–Crippen LogP) is -4.57. The molecule has 0 fully saturated rings. The summed E-state index contributed by atoms with van der Waals surface area (Å²) < 4.78 is 8.66. The number of hydrogen-bond acceptors (Lipinski definition) is 3. The number of rotatable bonds is 0. The van der Waals surface area contributed by atoms with E-state index in [4.69, 9.17) is 19.2 Å². The maximum Gasteiger partial charge on any atom is 0.0647 e. The van der Waals surface area contributed by atoms with E-state index in [0.717, 1.165) is 0 Å². The Balaban J connectivity index is -0.0000000933. The molecule has 0 aliphatic heterocycles. The number of nitrogens with two attached hydrogens (primary N) is 2. The minimum Gasteiger partial charge on any atom is -0.790 e. The van der Waals surface area contributed by atoms with E-state index in [1.54, 1.807) is 0 Å². The van der Waals surface area contributed by atoms with Crippen molar-refractivity contribution in [3.8, 4) is 0 Å². The van der Waals surface area contributed by atoms with Crippen molar-refractivity contribution in [1.82, 2.24) is 0 Å². The molecule has 0 heterocycles. The molecule has 0 unspecified atom stereocenters. The minimum atomic E-state index is -5.14. The lowest BCUT2D eigenvalue weighted by atomic mass is 11.3. The normalized spacial score (nSPS) is 8.64. The van der Waals surface area contributed by atoms with Crippen LogP contribution in [-0.4, -0.2) is 33.1 Å². The van der Waals surface area contributed by atoms with E-state index < -0.39 is 7.82 Å². The van der Waals surface area contributed by atoms with Crippen LogP contribution in [0.15, 0.2) is 0 Å². The molecule has 0 aromatic rings. The molecule has 7 heteroatoms. The van der Waals surface area contributed by atoms with Gasteiger partial charge in [0.2, 0.25) is 0 Å². The summed E-state index contributed by atoms with van der Waals surface area (Å²) in [7, 11) is 2.86. The van der Waals surface area contributed by atoms with Crippen LogP contribution in [-0.2, 0) is 4.57 Å². The second-order valence-corrected chi connectivity index (χ2v) is 2.56. The van der Waals surface area contributed by atoms with Crippen LogP contribution in [0.3, 0.4) is 0 Å². The summed E-state index contributed by atoms with van der Waals surface area (Å²) in [6, 6.07) is 0. The van der Waals surface area contributed by atoms with Gasteiger partial charge in [-0.3, -0.25) is 0 Å². The third-order valence-corrected chi connectivity index (χ3v) is 0. The first-order valence-electron chi connectivity index (χ1n) is 3.06. The van der Waals surface area contributed by atoms with Crippen molar-refractivity contribution in [2.75, 3.05) is 28.2 Å². The van der Waals surface area contributed by atoms with Gasteiger partial charge in [0.15, 0.2) is 0 Å². The van der Waals surface area contributed by atoms with Crippen molar-refractivity contribution in [2.45, 2.75) is 0 Å². The Labute approximate surface area is 66.9 Å². The monoisotopic (exact) mass is 188 g/mol. The summed E-state index contributed by atoms with van der Waals surface area (Å²) in [5.74, 6) is 0. The number of hydrogen-bond donors (Lipinski definition) is 3. The fourth-order valence-electron chi connectivity index (χ4n) is 0. The number of phosphoric acid groups is 1.